The number of nitrogens with one attached hydrogen (secondary N) is 1. The second kappa shape index (κ2) is 7.17. The van der Waals surface area contributed by atoms with Gasteiger partial charge in [0.1, 0.15) is 0 Å². The highest BCUT2D eigenvalue weighted by Gasteiger charge is 2.31. The summed E-state index contributed by atoms with van der Waals surface area (Å²) in [5, 5.41) is 0. The first-order chi connectivity index (χ1) is 9.63. The van der Waals surface area contributed by atoms with Gasteiger partial charge in [0, 0.05) is 19.1 Å². The van der Waals surface area contributed by atoms with Crippen molar-refractivity contribution in [3.63, 3.8) is 0 Å². The lowest BCUT2D eigenvalue weighted by atomic mass is 10.1. The number of ether oxygens (including phenoxy) is 1. The van der Waals surface area contributed by atoms with E-state index in [9.17, 15) is 8.42 Å². The van der Waals surface area contributed by atoms with E-state index in [0.717, 1.165) is 18.4 Å². The van der Waals surface area contributed by atoms with Crippen LogP contribution < -0.4 is 4.72 Å². The molecule has 0 spiro atoms. The first-order valence-corrected chi connectivity index (χ1v) is 8.45. The lowest BCUT2D eigenvalue weighted by molar-refractivity contribution is 0.0288. The molecule has 1 N–H and O–H groups in total. The summed E-state index contributed by atoms with van der Waals surface area (Å²) in [5.41, 5.74) is 0.955. The molecule has 0 radical (unpaired) electrons. The van der Waals surface area contributed by atoms with E-state index in [1.54, 1.807) is 4.31 Å². The quantitative estimate of drug-likeness (QED) is 0.866. The molecule has 20 heavy (non-hydrogen) atoms. The lowest BCUT2D eigenvalue weighted by Gasteiger charge is -2.34. The Bertz CT molecular complexity index is 502. The highest BCUT2D eigenvalue weighted by atomic mass is 32.2. The Hall–Kier alpha value is -0.950. The minimum atomic E-state index is -3.45. The van der Waals surface area contributed by atoms with Crippen LogP contribution in [0.1, 0.15) is 25.3 Å². The second-order valence-corrected chi connectivity index (χ2v) is 6.65. The van der Waals surface area contributed by atoms with E-state index in [1.807, 2.05) is 30.3 Å². The molecule has 1 atom stereocenters. The van der Waals surface area contributed by atoms with Crippen molar-refractivity contribution in [2.24, 2.45) is 0 Å². The maximum absolute atomic E-state index is 12.4. The maximum Gasteiger partial charge on any atom is 0.280 e. The third-order valence-corrected chi connectivity index (χ3v) is 5.01. The molecular weight excluding hydrogens is 276 g/mol. The van der Waals surface area contributed by atoms with Crippen LogP contribution in [0, 0.1) is 0 Å². The highest BCUT2D eigenvalue weighted by Crippen LogP contribution is 2.16. The summed E-state index contributed by atoms with van der Waals surface area (Å²) in [6, 6.07) is 9.48. The summed E-state index contributed by atoms with van der Waals surface area (Å²) in [6.07, 6.45) is 1.77. The summed E-state index contributed by atoms with van der Waals surface area (Å²) in [5.74, 6) is 0. The molecule has 0 aliphatic carbocycles. The molecule has 1 heterocycles. The standard InChI is InChI=1S/C14H22N2O3S/c1-2-6-14-12-19-10-9-16(14)20(17,18)15-11-13-7-4-3-5-8-13/h3-5,7-8,14-15H,2,6,9-12H2,1H3. The predicted molar refractivity (Wildman–Crippen MR) is 78.4 cm³/mol. The molecule has 1 aromatic rings. The molecule has 1 aliphatic heterocycles. The molecule has 112 valence electrons. The largest absolute Gasteiger partial charge is 0.378 e. The van der Waals surface area contributed by atoms with Crippen LogP contribution in [0.25, 0.3) is 0 Å². The number of benzene rings is 1. The van der Waals surface area contributed by atoms with Crippen LogP contribution in [-0.4, -0.2) is 38.5 Å². The topological polar surface area (TPSA) is 58.6 Å². The van der Waals surface area contributed by atoms with Gasteiger partial charge in [-0.15, -0.1) is 0 Å². The summed E-state index contributed by atoms with van der Waals surface area (Å²) in [6.45, 7) is 3.75. The van der Waals surface area contributed by atoms with Gasteiger partial charge in [-0.1, -0.05) is 43.7 Å². The number of hydrogen-bond acceptors (Lipinski definition) is 3. The predicted octanol–water partition coefficient (Wildman–Crippen LogP) is 1.52. The Morgan fingerprint density at radius 3 is 2.80 bits per heavy atom. The molecule has 0 bridgehead atoms. The minimum absolute atomic E-state index is 0.0537. The first kappa shape index (κ1) is 15.4. The van der Waals surface area contributed by atoms with E-state index < -0.39 is 10.2 Å². The van der Waals surface area contributed by atoms with Crippen molar-refractivity contribution in [1.82, 2.24) is 9.03 Å². The van der Waals surface area contributed by atoms with Crippen LogP contribution >= 0.6 is 0 Å². The average Bonchev–Trinajstić information content (AvgIpc) is 2.47. The monoisotopic (exact) mass is 298 g/mol. The summed E-state index contributed by atoms with van der Waals surface area (Å²) in [4.78, 5) is 0. The van der Waals surface area contributed by atoms with Gasteiger partial charge in [-0.2, -0.15) is 17.4 Å². The molecule has 6 heteroatoms. The molecule has 5 nitrogen and oxygen atoms in total. The Morgan fingerprint density at radius 1 is 1.35 bits per heavy atom. The fraction of sp³-hybridized carbons (Fsp3) is 0.571. The van der Waals surface area contributed by atoms with Gasteiger partial charge in [-0.3, -0.25) is 0 Å². The average molecular weight is 298 g/mol. The summed E-state index contributed by atoms with van der Waals surface area (Å²) < 4.78 is 34.4. The van der Waals surface area contributed by atoms with Crippen LogP contribution in [0.5, 0.6) is 0 Å². The normalized spacial score (nSPS) is 20.9. The molecular formula is C14H22N2O3S. The van der Waals surface area contributed by atoms with Gasteiger partial charge in [0.2, 0.25) is 0 Å². The number of hydrogen-bond donors (Lipinski definition) is 1. The van der Waals surface area contributed by atoms with Gasteiger partial charge >= 0.3 is 0 Å². The summed E-state index contributed by atoms with van der Waals surface area (Å²) in [7, 11) is -3.45. The van der Waals surface area contributed by atoms with Crippen LogP contribution in [0.4, 0.5) is 0 Å². The Morgan fingerprint density at radius 2 is 2.10 bits per heavy atom. The van der Waals surface area contributed by atoms with E-state index in [0.29, 0.717) is 26.3 Å². The zero-order chi connectivity index (χ0) is 14.4. The molecule has 1 unspecified atom stereocenters. The van der Waals surface area contributed by atoms with Gasteiger partial charge in [0.15, 0.2) is 0 Å². The van der Waals surface area contributed by atoms with Crippen molar-refractivity contribution in [1.29, 1.82) is 0 Å². The van der Waals surface area contributed by atoms with E-state index >= 15 is 0 Å². The maximum atomic E-state index is 12.4. The third kappa shape index (κ3) is 4.02. The Balaban J connectivity index is 2.01. The molecule has 0 saturated carbocycles. The zero-order valence-corrected chi connectivity index (χ0v) is 12.6. The number of morpholine rings is 1. The van der Waals surface area contributed by atoms with Gasteiger partial charge in [0.25, 0.3) is 10.2 Å². The lowest BCUT2D eigenvalue weighted by Crippen LogP contribution is -2.52. The SMILES string of the molecule is CCCC1COCCN1S(=O)(=O)NCc1ccccc1. The Labute approximate surface area is 121 Å². The van der Waals surface area contributed by atoms with Crippen molar-refractivity contribution < 1.29 is 13.2 Å². The third-order valence-electron chi connectivity index (χ3n) is 3.41. The second-order valence-electron chi connectivity index (χ2n) is 4.94. The number of nitrogens with zero attached hydrogens (tertiary/aromatic N) is 1. The first-order valence-electron chi connectivity index (χ1n) is 7.01. The molecule has 0 amide bonds. The molecule has 2 rings (SSSR count). The molecule has 1 aliphatic rings. The molecule has 1 aromatic carbocycles. The molecule has 0 aromatic heterocycles. The van der Waals surface area contributed by atoms with Crippen LogP contribution in [0.3, 0.4) is 0 Å². The van der Waals surface area contributed by atoms with Gasteiger partial charge in [-0.25, -0.2) is 0 Å². The van der Waals surface area contributed by atoms with Gasteiger partial charge in [-0.05, 0) is 12.0 Å². The fourth-order valence-electron chi connectivity index (χ4n) is 2.37. The smallest absolute Gasteiger partial charge is 0.280 e. The fourth-order valence-corrected chi connectivity index (χ4v) is 3.76. The zero-order valence-electron chi connectivity index (χ0n) is 11.8. The van der Waals surface area contributed by atoms with Crippen molar-refractivity contribution >= 4 is 10.2 Å². The Kier molecular flexibility index (Phi) is 5.54. The van der Waals surface area contributed by atoms with Crippen molar-refractivity contribution in [2.45, 2.75) is 32.4 Å². The summed E-state index contributed by atoms with van der Waals surface area (Å²) >= 11 is 0. The van der Waals surface area contributed by atoms with Crippen molar-refractivity contribution in [3.8, 4) is 0 Å². The van der Waals surface area contributed by atoms with Crippen molar-refractivity contribution in [2.75, 3.05) is 19.8 Å². The van der Waals surface area contributed by atoms with Crippen molar-refractivity contribution in [3.05, 3.63) is 35.9 Å². The molecule has 1 fully saturated rings. The van der Waals surface area contributed by atoms with E-state index in [1.165, 1.54) is 0 Å². The van der Waals surface area contributed by atoms with Crippen LogP contribution in [-0.2, 0) is 21.5 Å². The van der Waals surface area contributed by atoms with Crippen LogP contribution in [0.2, 0.25) is 0 Å². The van der Waals surface area contributed by atoms with Crippen LogP contribution in [0.15, 0.2) is 30.3 Å². The van der Waals surface area contributed by atoms with E-state index in [4.69, 9.17) is 4.74 Å². The highest BCUT2D eigenvalue weighted by molar-refractivity contribution is 7.87. The van der Waals surface area contributed by atoms with E-state index in [2.05, 4.69) is 11.6 Å². The number of rotatable bonds is 6. The van der Waals surface area contributed by atoms with Gasteiger partial charge in [0.05, 0.1) is 13.2 Å². The van der Waals surface area contributed by atoms with E-state index in [-0.39, 0.29) is 6.04 Å². The molecule has 1 saturated heterocycles. The van der Waals surface area contributed by atoms with Gasteiger partial charge < -0.3 is 4.74 Å². The minimum Gasteiger partial charge on any atom is -0.378 e.